The second-order valence-electron chi connectivity index (χ2n) is 6.61. The van der Waals surface area contributed by atoms with E-state index in [0.29, 0.717) is 12.6 Å². The summed E-state index contributed by atoms with van der Waals surface area (Å²) < 4.78 is 3.03. The Bertz CT molecular complexity index is 724. The normalized spacial score (nSPS) is 16.0. The summed E-state index contributed by atoms with van der Waals surface area (Å²) in [6, 6.07) is 9.04. The van der Waals surface area contributed by atoms with E-state index in [1.165, 1.54) is 5.56 Å². The van der Waals surface area contributed by atoms with Gasteiger partial charge >= 0.3 is 0 Å². The number of rotatable bonds is 5. The third-order valence-electron chi connectivity index (χ3n) is 4.69. The van der Waals surface area contributed by atoms with Crippen molar-refractivity contribution in [1.82, 2.24) is 30.3 Å². The number of aryl methyl sites for hydroxylation is 1. The van der Waals surface area contributed by atoms with E-state index in [9.17, 15) is 0 Å². The lowest BCUT2D eigenvalue weighted by atomic mass is 10.0. The van der Waals surface area contributed by atoms with E-state index in [-0.39, 0.29) is 24.0 Å². The van der Waals surface area contributed by atoms with Crippen molar-refractivity contribution in [3.63, 3.8) is 0 Å². The van der Waals surface area contributed by atoms with Crippen LogP contribution in [0.1, 0.15) is 24.2 Å². The molecule has 0 amide bonds. The molecule has 1 aromatic heterocycles. The maximum absolute atomic E-state index is 4.33. The molecule has 0 spiro atoms. The molecular formula is C18H27BrIN7. The first-order chi connectivity index (χ1) is 12.6. The van der Waals surface area contributed by atoms with Crippen molar-refractivity contribution >= 4 is 45.9 Å². The van der Waals surface area contributed by atoms with Crippen LogP contribution in [0, 0.1) is 0 Å². The molecule has 9 heteroatoms. The summed E-state index contributed by atoms with van der Waals surface area (Å²) in [5.41, 5.74) is 1.36. The Hall–Kier alpha value is -1.20. The highest BCUT2D eigenvalue weighted by molar-refractivity contribution is 14.0. The van der Waals surface area contributed by atoms with Gasteiger partial charge in [-0.15, -0.1) is 34.2 Å². The molecule has 0 unspecified atom stereocenters. The van der Waals surface area contributed by atoms with Gasteiger partial charge in [0.25, 0.3) is 0 Å². The number of piperidine rings is 1. The highest BCUT2D eigenvalue weighted by Crippen LogP contribution is 2.16. The Morgan fingerprint density at radius 2 is 1.96 bits per heavy atom. The molecule has 0 aliphatic carbocycles. The Kier molecular flexibility index (Phi) is 8.97. The highest BCUT2D eigenvalue weighted by atomic mass is 127. The Morgan fingerprint density at radius 3 is 2.56 bits per heavy atom. The van der Waals surface area contributed by atoms with Gasteiger partial charge in [0.05, 0.1) is 6.54 Å². The lowest BCUT2D eigenvalue weighted by molar-refractivity contribution is 0.198. The fourth-order valence-corrected chi connectivity index (χ4v) is 3.37. The summed E-state index contributed by atoms with van der Waals surface area (Å²) in [5, 5.41) is 14.8. The predicted molar refractivity (Wildman–Crippen MR) is 122 cm³/mol. The van der Waals surface area contributed by atoms with Gasteiger partial charge < -0.3 is 15.2 Å². The standard InChI is InChI=1S/C18H26BrN7.HI/c1-20-18(21-11-17-24-22-13-25(17)2)23-16-7-9-26(10-8-16)12-14-3-5-15(19)6-4-14;/h3-6,13,16H,7-12H2,1-2H3,(H2,20,21,23);1H. The number of nitrogens with zero attached hydrogens (tertiary/aromatic N) is 5. The smallest absolute Gasteiger partial charge is 0.191 e. The van der Waals surface area contributed by atoms with Crippen molar-refractivity contribution in [2.75, 3.05) is 20.1 Å². The van der Waals surface area contributed by atoms with E-state index < -0.39 is 0 Å². The first-order valence-electron chi connectivity index (χ1n) is 8.91. The van der Waals surface area contributed by atoms with Crippen LogP contribution in [-0.4, -0.2) is 51.8 Å². The van der Waals surface area contributed by atoms with Gasteiger partial charge in [0, 0.05) is 44.2 Å². The molecule has 148 valence electrons. The zero-order chi connectivity index (χ0) is 18.4. The van der Waals surface area contributed by atoms with Gasteiger partial charge in [0.15, 0.2) is 11.8 Å². The Morgan fingerprint density at radius 1 is 1.26 bits per heavy atom. The van der Waals surface area contributed by atoms with E-state index in [4.69, 9.17) is 0 Å². The van der Waals surface area contributed by atoms with E-state index in [0.717, 1.165) is 48.7 Å². The summed E-state index contributed by atoms with van der Waals surface area (Å²) in [5.74, 6) is 1.71. The summed E-state index contributed by atoms with van der Waals surface area (Å²) >= 11 is 3.49. The van der Waals surface area contributed by atoms with Gasteiger partial charge in [-0.3, -0.25) is 9.89 Å². The fraction of sp³-hybridized carbons (Fsp3) is 0.500. The van der Waals surface area contributed by atoms with Gasteiger partial charge in [-0.2, -0.15) is 0 Å². The maximum atomic E-state index is 4.33. The SMILES string of the molecule is CN=C(NCc1nncn1C)NC1CCN(Cc2ccc(Br)cc2)CC1.I. The van der Waals surface area contributed by atoms with Crippen LogP contribution in [0.2, 0.25) is 0 Å². The molecule has 0 saturated carbocycles. The van der Waals surface area contributed by atoms with Crippen LogP contribution in [0.5, 0.6) is 0 Å². The lowest BCUT2D eigenvalue weighted by Crippen LogP contribution is -2.48. The average molecular weight is 548 g/mol. The molecule has 27 heavy (non-hydrogen) atoms. The topological polar surface area (TPSA) is 70.4 Å². The van der Waals surface area contributed by atoms with Crippen molar-refractivity contribution in [1.29, 1.82) is 0 Å². The molecule has 0 radical (unpaired) electrons. The van der Waals surface area contributed by atoms with E-state index in [1.54, 1.807) is 13.4 Å². The molecule has 1 fully saturated rings. The van der Waals surface area contributed by atoms with E-state index in [1.807, 2.05) is 11.6 Å². The molecule has 1 aromatic carbocycles. The Labute approximate surface area is 186 Å². The quantitative estimate of drug-likeness (QED) is 0.342. The molecule has 2 aromatic rings. The van der Waals surface area contributed by atoms with E-state index >= 15 is 0 Å². The van der Waals surface area contributed by atoms with Crippen LogP contribution in [-0.2, 0) is 20.1 Å². The maximum Gasteiger partial charge on any atom is 0.191 e. The summed E-state index contributed by atoms with van der Waals surface area (Å²) in [4.78, 5) is 6.84. The molecule has 0 bridgehead atoms. The van der Waals surface area contributed by atoms with Crippen LogP contribution < -0.4 is 10.6 Å². The largest absolute Gasteiger partial charge is 0.354 e. The minimum absolute atomic E-state index is 0. The highest BCUT2D eigenvalue weighted by Gasteiger charge is 2.20. The van der Waals surface area contributed by atoms with Crippen molar-refractivity contribution in [3.8, 4) is 0 Å². The number of halogens is 2. The zero-order valence-electron chi connectivity index (χ0n) is 15.7. The van der Waals surface area contributed by atoms with Gasteiger partial charge in [-0.25, -0.2) is 0 Å². The monoisotopic (exact) mass is 547 g/mol. The first-order valence-corrected chi connectivity index (χ1v) is 9.70. The molecule has 0 atom stereocenters. The van der Waals surface area contributed by atoms with Crippen molar-refractivity contribution < 1.29 is 0 Å². The van der Waals surface area contributed by atoms with Crippen molar-refractivity contribution in [3.05, 3.63) is 46.5 Å². The van der Waals surface area contributed by atoms with Crippen LogP contribution in [0.4, 0.5) is 0 Å². The van der Waals surface area contributed by atoms with Gasteiger partial charge in [0.1, 0.15) is 6.33 Å². The van der Waals surface area contributed by atoms with Crippen LogP contribution in [0.3, 0.4) is 0 Å². The van der Waals surface area contributed by atoms with Gasteiger partial charge in [-0.1, -0.05) is 28.1 Å². The molecule has 1 aliphatic rings. The second kappa shape index (κ2) is 11.0. The number of guanidine groups is 1. The van der Waals surface area contributed by atoms with E-state index in [2.05, 4.69) is 70.9 Å². The van der Waals surface area contributed by atoms with Crippen molar-refractivity contribution in [2.24, 2.45) is 12.0 Å². The number of nitrogens with one attached hydrogen (secondary N) is 2. The molecular weight excluding hydrogens is 521 g/mol. The molecule has 1 aliphatic heterocycles. The minimum Gasteiger partial charge on any atom is -0.354 e. The van der Waals surface area contributed by atoms with Gasteiger partial charge in [0.2, 0.25) is 0 Å². The predicted octanol–water partition coefficient (Wildman–Crippen LogP) is 2.53. The second-order valence-corrected chi connectivity index (χ2v) is 7.52. The summed E-state index contributed by atoms with van der Waals surface area (Å²) in [6.07, 6.45) is 3.93. The molecule has 2 heterocycles. The molecule has 7 nitrogen and oxygen atoms in total. The van der Waals surface area contributed by atoms with Crippen LogP contribution >= 0.6 is 39.9 Å². The van der Waals surface area contributed by atoms with Crippen LogP contribution in [0.25, 0.3) is 0 Å². The third kappa shape index (κ3) is 6.72. The number of hydrogen-bond donors (Lipinski definition) is 2. The average Bonchev–Trinajstić information content (AvgIpc) is 3.07. The molecule has 2 N–H and O–H groups in total. The number of aliphatic imine (C=N–C) groups is 1. The summed E-state index contributed by atoms with van der Waals surface area (Å²) in [7, 11) is 3.74. The first kappa shape index (κ1) is 22.1. The number of benzene rings is 1. The lowest BCUT2D eigenvalue weighted by Gasteiger charge is -2.33. The molecule has 3 rings (SSSR count). The summed E-state index contributed by atoms with van der Waals surface area (Å²) in [6.45, 7) is 3.81. The fourth-order valence-electron chi connectivity index (χ4n) is 3.10. The number of hydrogen-bond acceptors (Lipinski definition) is 4. The Balaban J connectivity index is 0.00000261. The van der Waals surface area contributed by atoms with Crippen LogP contribution in [0.15, 0.2) is 40.1 Å². The third-order valence-corrected chi connectivity index (χ3v) is 5.22. The number of aromatic nitrogens is 3. The van der Waals surface area contributed by atoms with Crippen molar-refractivity contribution in [2.45, 2.75) is 32.0 Å². The minimum atomic E-state index is 0. The van der Waals surface area contributed by atoms with Gasteiger partial charge in [-0.05, 0) is 30.5 Å². The zero-order valence-corrected chi connectivity index (χ0v) is 19.6. The number of likely N-dealkylation sites (tertiary alicyclic amines) is 1. The molecule has 1 saturated heterocycles.